The maximum Gasteiger partial charge on any atom is 0.217 e. The number of phenols is 1. The van der Waals surface area contributed by atoms with Gasteiger partial charge in [-0.1, -0.05) is 6.08 Å². The highest BCUT2D eigenvalue weighted by Gasteiger charge is 2.14. The Bertz CT molecular complexity index is 641. The van der Waals surface area contributed by atoms with Gasteiger partial charge in [-0.15, -0.1) is 6.58 Å². The Morgan fingerprint density at radius 2 is 2.21 bits per heavy atom. The Labute approximate surface area is 112 Å². The summed E-state index contributed by atoms with van der Waals surface area (Å²) in [6, 6.07) is 3.53. The van der Waals surface area contributed by atoms with Crippen LogP contribution in [0.3, 0.4) is 0 Å². The van der Waals surface area contributed by atoms with Gasteiger partial charge in [-0.3, -0.25) is 4.79 Å². The Morgan fingerprint density at radius 1 is 1.47 bits per heavy atom. The molecule has 0 saturated carbocycles. The first-order valence-corrected chi connectivity index (χ1v) is 6.22. The SMILES string of the molecule is C=CCc1c(O)ccc2[nH]c(C)c(CNC(C)=O)c12. The number of aryl methyl sites for hydroxylation is 1. The number of nitrogens with one attached hydrogen (secondary N) is 2. The van der Waals surface area contributed by atoms with Crippen LogP contribution in [0.5, 0.6) is 5.75 Å². The molecule has 1 aromatic heterocycles. The second kappa shape index (κ2) is 5.18. The van der Waals surface area contributed by atoms with Gasteiger partial charge in [0.2, 0.25) is 5.91 Å². The van der Waals surface area contributed by atoms with E-state index >= 15 is 0 Å². The summed E-state index contributed by atoms with van der Waals surface area (Å²) in [7, 11) is 0. The molecule has 0 aliphatic carbocycles. The Hall–Kier alpha value is -2.23. The van der Waals surface area contributed by atoms with Crippen LogP contribution in [0.25, 0.3) is 10.9 Å². The second-order valence-corrected chi connectivity index (χ2v) is 4.62. The molecule has 1 heterocycles. The van der Waals surface area contributed by atoms with E-state index in [4.69, 9.17) is 0 Å². The van der Waals surface area contributed by atoms with Crippen LogP contribution in [0, 0.1) is 6.92 Å². The molecule has 0 spiro atoms. The fourth-order valence-corrected chi connectivity index (χ4v) is 2.34. The molecule has 1 amide bonds. The number of carbonyl (C=O) groups excluding carboxylic acids is 1. The molecular weight excluding hydrogens is 240 g/mol. The molecule has 0 unspecified atom stereocenters. The Morgan fingerprint density at radius 3 is 2.84 bits per heavy atom. The van der Waals surface area contributed by atoms with E-state index in [0.29, 0.717) is 13.0 Å². The molecule has 3 N–H and O–H groups in total. The maximum absolute atomic E-state index is 11.1. The molecule has 0 radical (unpaired) electrons. The average molecular weight is 258 g/mol. The van der Waals surface area contributed by atoms with Gasteiger partial charge in [-0.2, -0.15) is 0 Å². The second-order valence-electron chi connectivity index (χ2n) is 4.62. The summed E-state index contributed by atoms with van der Waals surface area (Å²) < 4.78 is 0. The van der Waals surface area contributed by atoms with E-state index < -0.39 is 0 Å². The topological polar surface area (TPSA) is 65.1 Å². The molecule has 0 fully saturated rings. The molecule has 2 aromatic rings. The van der Waals surface area contributed by atoms with Crippen molar-refractivity contribution < 1.29 is 9.90 Å². The van der Waals surface area contributed by atoms with Crippen molar-refractivity contribution in [2.24, 2.45) is 0 Å². The predicted octanol–water partition coefficient (Wildman–Crippen LogP) is 2.55. The van der Waals surface area contributed by atoms with Crippen molar-refractivity contribution in [3.63, 3.8) is 0 Å². The van der Waals surface area contributed by atoms with Crippen LogP contribution in [0.15, 0.2) is 24.8 Å². The lowest BCUT2D eigenvalue weighted by atomic mass is 10.0. The number of aromatic hydroxyl groups is 1. The van der Waals surface area contributed by atoms with Gasteiger partial charge in [0.05, 0.1) is 0 Å². The van der Waals surface area contributed by atoms with Crippen LogP contribution in [0.1, 0.15) is 23.7 Å². The number of benzene rings is 1. The molecule has 100 valence electrons. The van der Waals surface area contributed by atoms with Gasteiger partial charge in [-0.05, 0) is 31.0 Å². The van der Waals surface area contributed by atoms with Crippen molar-refractivity contribution in [1.82, 2.24) is 10.3 Å². The van der Waals surface area contributed by atoms with E-state index in [1.54, 1.807) is 12.1 Å². The average Bonchev–Trinajstić information content (AvgIpc) is 2.67. The minimum absolute atomic E-state index is 0.0702. The minimum atomic E-state index is -0.0702. The van der Waals surface area contributed by atoms with Crippen molar-refractivity contribution in [2.45, 2.75) is 26.8 Å². The van der Waals surface area contributed by atoms with Gasteiger partial charge < -0.3 is 15.4 Å². The van der Waals surface area contributed by atoms with E-state index in [2.05, 4.69) is 16.9 Å². The number of hydrogen-bond acceptors (Lipinski definition) is 2. The molecule has 4 heteroatoms. The molecule has 0 bridgehead atoms. The van der Waals surface area contributed by atoms with Gasteiger partial charge in [-0.25, -0.2) is 0 Å². The lowest BCUT2D eigenvalue weighted by Gasteiger charge is -2.08. The summed E-state index contributed by atoms with van der Waals surface area (Å²) in [5.74, 6) is 0.189. The third-order valence-corrected chi connectivity index (χ3v) is 3.23. The molecule has 0 aliphatic rings. The number of allylic oxidation sites excluding steroid dienone is 1. The minimum Gasteiger partial charge on any atom is -0.508 e. The summed E-state index contributed by atoms with van der Waals surface area (Å²) in [6.07, 6.45) is 2.35. The lowest BCUT2D eigenvalue weighted by Crippen LogP contribution is -2.19. The van der Waals surface area contributed by atoms with Gasteiger partial charge in [0, 0.05) is 35.6 Å². The fraction of sp³-hybridized carbons (Fsp3) is 0.267. The fourth-order valence-electron chi connectivity index (χ4n) is 2.34. The van der Waals surface area contributed by atoms with E-state index in [-0.39, 0.29) is 11.7 Å². The number of carbonyl (C=O) groups is 1. The molecule has 4 nitrogen and oxygen atoms in total. The number of H-pyrrole nitrogens is 1. The van der Waals surface area contributed by atoms with Crippen LogP contribution in [0.4, 0.5) is 0 Å². The maximum atomic E-state index is 11.1. The van der Waals surface area contributed by atoms with Crippen LogP contribution in [-0.2, 0) is 17.8 Å². The lowest BCUT2D eigenvalue weighted by molar-refractivity contribution is -0.119. The highest BCUT2D eigenvalue weighted by molar-refractivity contribution is 5.90. The highest BCUT2D eigenvalue weighted by atomic mass is 16.3. The number of hydrogen-bond donors (Lipinski definition) is 3. The third-order valence-electron chi connectivity index (χ3n) is 3.23. The molecule has 0 saturated heterocycles. The molecule has 19 heavy (non-hydrogen) atoms. The summed E-state index contributed by atoms with van der Waals surface area (Å²) in [5, 5.41) is 13.8. The van der Waals surface area contributed by atoms with E-state index in [1.807, 2.05) is 13.0 Å². The zero-order chi connectivity index (χ0) is 14.0. The van der Waals surface area contributed by atoms with Gasteiger partial charge in [0.25, 0.3) is 0 Å². The Balaban J connectivity index is 2.60. The van der Waals surface area contributed by atoms with Gasteiger partial charge in [0.15, 0.2) is 0 Å². The predicted molar refractivity (Wildman–Crippen MR) is 76.1 cm³/mol. The molecule has 1 aromatic carbocycles. The normalized spacial score (nSPS) is 10.6. The molecule has 0 aliphatic heterocycles. The van der Waals surface area contributed by atoms with Gasteiger partial charge >= 0.3 is 0 Å². The number of rotatable bonds is 4. The van der Waals surface area contributed by atoms with Crippen LogP contribution in [0.2, 0.25) is 0 Å². The van der Waals surface area contributed by atoms with Crippen molar-refractivity contribution in [3.05, 3.63) is 41.6 Å². The van der Waals surface area contributed by atoms with Crippen molar-refractivity contribution >= 4 is 16.8 Å². The van der Waals surface area contributed by atoms with Crippen LogP contribution >= 0.6 is 0 Å². The smallest absolute Gasteiger partial charge is 0.217 e. The van der Waals surface area contributed by atoms with Crippen LogP contribution < -0.4 is 5.32 Å². The summed E-state index contributed by atoms with van der Waals surface area (Å²) in [4.78, 5) is 14.4. The highest BCUT2D eigenvalue weighted by Crippen LogP contribution is 2.32. The van der Waals surface area contributed by atoms with E-state index in [9.17, 15) is 9.90 Å². The van der Waals surface area contributed by atoms with E-state index in [1.165, 1.54) is 6.92 Å². The van der Waals surface area contributed by atoms with Crippen molar-refractivity contribution in [2.75, 3.05) is 0 Å². The summed E-state index contributed by atoms with van der Waals surface area (Å²) in [5.41, 5.74) is 3.82. The monoisotopic (exact) mass is 258 g/mol. The first-order chi connectivity index (χ1) is 9.04. The quantitative estimate of drug-likeness (QED) is 0.738. The largest absolute Gasteiger partial charge is 0.508 e. The van der Waals surface area contributed by atoms with E-state index in [0.717, 1.165) is 27.7 Å². The summed E-state index contributed by atoms with van der Waals surface area (Å²) in [6.45, 7) is 7.63. The first kappa shape index (κ1) is 13.2. The molecular formula is C15H18N2O2. The zero-order valence-corrected chi connectivity index (χ0v) is 11.2. The van der Waals surface area contributed by atoms with Crippen molar-refractivity contribution in [3.8, 4) is 5.75 Å². The van der Waals surface area contributed by atoms with Gasteiger partial charge in [0.1, 0.15) is 5.75 Å². The number of amides is 1. The van der Waals surface area contributed by atoms with Crippen molar-refractivity contribution in [1.29, 1.82) is 0 Å². The molecule has 0 atom stereocenters. The third kappa shape index (κ3) is 2.47. The number of aromatic nitrogens is 1. The first-order valence-electron chi connectivity index (χ1n) is 6.22. The summed E-state index contributed by atoms with van der Waals surface area (Å²) >= 11 is 0. The molecule has 2 rings (SSSR count). The Kier molecular flexibility index (Phi) is 3.60. The number of aromatic amines is 1. The number of fused-ring (bicyclic) bond motifs is 1. The van der Waals surface area contributed by atoms with Crippen LogP contribution in [-0.4, -0.2) is 16.0 Å². The zero-order valence-electron chi connectivity index (χ0n) is 11.2. The number of phenolic OH excluding ortho intramolecular Hbond substituents is 1. The standard InChI is InChI=1S/C15H18N2O2/c1-4-5-11-14(19)7-6-13-15(11)12(9(2)17-13)8-16-10(3)18/h4,6-7,17,19H,1,5,8H2,2-3H3,(H,16,18).